The van der Waals surface area contributed by atoms with Crippen molar-refractivity contribution in [1.29, 1.82) is 0 Å². The first-order valence-electron chi connectivity index (χ1n) is 8.15. The maximum atomic E-state index is 12.4. The first kappa shape index (κ1) is 17.0. The summed E-state index contributed by atoms with van der Waals surface area (Å²) in [5.74, 6) is 0.936. The van der Waals surface area contributed by atoms with E-state index in [0.717, 1.165) is 24.3 Å². The van der Waals surface area contributed by atoms with E-state index in [4.69, 9.17) is 4.74 Å². The van der Waals surface area contributed by atoms with Crippen LogP contribution < -0.4 is 9.46 Å². The minimum absolute atomic E-state index is 0.0606. The maximum absolute atomic E-state index is 12.4. The molecule has 0 fully saturated rings. The Bertz CT molecular complexity index is 827. The number of benzene rings is 1. The van der Waals surface area contributed by atoms with Gasteiger partial charge in [-0.25, -0.2) is 18.1 Å². The molecule has 1 unspecified atom stereocenters. The van der Waals surface area contributed by atoms with Crippen molar-refractivity contribution >= 4 is 10.0 Å². The molecule has 3 rings (SSSR count). The Balaban J connectivity index is 1.68. The molecule has 7 heteroatoms. The van der Waals surface area contributed by atoms with Crippen molar-refractivity contribution in [1.82, 2.24) is 14.3 Å². The van der Waals surface area contributed by atoms with E-state index in [1.54, 1.807) is 17.1 Å². The molecular weight excluding hydrogens is 326 g/mol. The van der Waals surface area contributed by atoms with E-state index in [1.165, 1.54) is 5.56 Å². The number of hydrogen-bond acceptors (Lipinski definition) is 4. The molecule has 0 saturated carbocycles. The van der Waals surface area contributed by atoms with Crippen LogP contribution in [0.3, 0.4) is 0 Å². The van der Waals surface area contributed by atoms with E-state index in [2.05, 4.69) is 15.8 Å². The van der Waals surface area contributed by atoms with Crippen LogP contribution in [0.2, 0.25) is 0 Å². The summed E-state index contributed by atoms with van der Waals surface area (Å²) in [6, 6.07) is 6.00. The number of nitrogens with one attached hydrogen (secondary N) is 1. The second kappa shape index (κ2) is 6.57. The zero-order chi connectivity index (χ0) is 17.3. The molecule has 2 aromatic rings. The topological polar surface area (TPSA) is 73.2 Å². The number of aromatic nitrogens is 2. The van der Waals surface area contributed by atoms with Crippen molar-refractivity contribution in [2.24, 2.45) is 0 Å². The van der Waals surface area contributed by atoms with Crippen molar-refractivity contribution < 1.29 is 13.2 Å². The van der Waals surface area contributed by atoms with Crippen LogP contribution in [-0.4, -0.2) is 30.6 Å². The van der Waals surface area contributed by atoms with Gasteiger partial charge in [0.1, 0.15) is 5.75 Å². The van der Waals surface area contributed by atoms with E-state index < -0.39 is 10.0 Å². The van der Waals surface area contributed by atoms with Crippen molar-refractivity contribution in [2.45, 2.75) is 50.7 Å². The molecule has 24 heavy (non-hydrogen) atoms. The van der Waals surface area contributed by atoms with E-state index in [9.17, 15) is 8.42 Å². The van der Waals surface area contributed by atoms with Crippen LogP contribution in [0.1, 0.15) is 37.9 Å². The standard InChI is InChI=1S/C17H23N3O3S/c1-12(2)20-10-17(18-11-20)24(21,22)19-13(3)8-14-4-5-16-15(9-14)6-7-23-16/h4-5,9-13,19H,6-8H2,1-3H3. The summed E-state index contributed by atoms with van der Waals surface area (Å²) in [7, 11) is -3.61. The highest BCUT2D eigenvalue weighted by molar-refractivity contribution is 7.89. The number of imidazole rings is 1. The molecule has 6 nitrogen and oxygen atoms in total. The van der Waals surface area contributed by atoms with Crippen molar-refractivity contribution in [3.05, 3.63) is 41.9 Å². The van der Waals surface area contributed by atoms with Crippen molar-refractivity contribution in [3.63, 3.8) is 0 Å². The van der Waals surface area contributed by atoms with Gasteiger partial charge < -0.3 is 9.30 Å². The van der Waals surface area contributed by atoms with Gasteiger partial charge in [-0.05, 0) is 44.4 Å². The zero-order valence-electron chi connectivity index (χ0n) is 14.2. The normalized spacial score (nSPS) is 15.3. The smallest absolute Gasteiger partial charge is 0.259 e. The third kappa shape index (κ3) is 3.62. The molecule has 0 spiro atoms. The number of hydrogen-bond donors (Lipinski definition) is 1. The predicted molar refractivity (Wildman–Crippen MR) is 91.7 cm³/mol. The third-order valence-electron chi connectivity index (χ3n) is 4.10. The van der Waals surface area contributed by atoms with Crippen LogP contribution in [0, 0.1) is 0 Å². The summed E-state index contributed by atoms with van der Waals surface area (Å²) < 4.78 is 34.9. The molecule has 0 saturated heterocycles. The lowest BCUT2D eigenvalue weighted by atomic mass is 10.0. The fourth-order valence-electron chi connectivity index (χ4n) is 2.83. The Hall–Kier alpha value is -1.86. The van der Waals surface area contributed by atoms with E-state index in [0.29, 0.717) is 6.42 Å². The van der Waals surface area contributed by atoms with Crippen LogP contribution in [0.15, 0.2) is 35.7 Å². The summed E-state index contributed by atoms with van der Waals surface area (Å²) in [4.78, 5) is 4.01. The highest BCUT2D eigenvalue weighted by atomic mass is 32.2. The van der Waals surface area contributed by atoms with Gasteiger partial charge in [-0.1, -0.05) is 12.1 Å². The molecule has 1 aromatic heterocycles. The fraction of sp³-hybridized carbons (Fsp3) is 0.471. The second-order valence-corrected chi connectivity index (χ2v) is 8.18. The molecule has 130 valence electrons. The Morgan fingerprint density at radius 1 is 1.33 bits per heavy atom. The molecule has 0 radical (unpaired) electrons. The van der Waals surface area contributed by atoms with Crippen LogP contribution in [0.4, 0.5) is 0 Å². The lowest BCUT2D eigenvalue weighted by molar-refractivity contribution is 0.357. The highest BCUT2D eigenvalue weighted by Gasteiger charge is 2.21. The molecule has 0 amide bonds. The molecule has 1 aliphatic rings. The first-order valence-corrected chi connectivity index (χ1v) is 9.64. The Morgan fingerprint density at radius 2 is 2.12 bits per heavy atom. The monoisotopic (exact) mass is 349 g/mol. The van der Waals surface area contributed by atoms with E-state index in [1.807, 2.05) is 32.9 Å². The van der Waals surface area contributed by atoms with Gasteiger partial charge in [0.05, 0.1) is 12.9 Å². The SMILES string of the molecule is CC(Cc1ccc2c(c1)CCO2)NS(=O)(=O)c1cn(C(C)C)cn1. The summed E-state index contributed by atoms with van der Waals surface area (Å²) in [5, 5.41) is 0.0606. The molecule has 0 aliphatic carbocycles. The van der Waals surface area contributed by atoms with Gasteiger partial charge in [0.2, 0.25) is 0 Å². The van der Waals surface area contributed by atoms with Crippen LogP contribution in [-0.2, 0) is 22.9 Å². The second-order valence-electron chi connectivity index (χ2n) is 6.52. The molecule has 0 bridgehead atoms. The minimum Gasteiger partial charge on any atom is -0.493 e. The predicted octanol–water partition coefficient (Wildman–Crippen LogP) is 2.31. The van der Waals surface area contributed by atoms with Gasteiger partial charge in [0.25, 0.3) is 10.0 Å². The Labute approximate surface area is 142 Å². The fourth-order valence-corrected chi connectivity index (χ4v) is 4.01. The van der Waals surface area contributed by atoms with Gasteiger partial charge in [-0.2, -0.15) is 0 Å². The summed E-state index contributed by atoms with van der Waals surface area (Å²) in [6.45, 7) is 6.54. The number of fused-ring (bicyclic) bond motifs is 1. The van der Waals surface area contributed by atoms with Crippen molar-refractivity contribution in [3.8, 4) is 5.75 Å². The highest BCUT2D eigenvalue weighted by Crippen LogP contribution is 2.26. The van der Waals surface area contributed by atoms with Crippen LogP contribution >= 0.6 is 0 Å². The average molecular weight is 349 g/mol. The number of sulfonamides is 1. The van der Waals surface area contributed by atoms with Crippen LogP contribution in [0.5, 0.6) is 5.75 Å². The molecule has 1 atom stereocenters. The van der Waals surface area contributed by atoms with Crippen molar-refractivity contribution in [2.75, 3.05) is 6.61 Å². The minimum atomic E-state index is -3.61. The van der Waals surface area contributed by atoms with Gasteiger partial charge in [-0.3, -0.25) is 0 Å². The summed E-state index contributed by atoms with van der Waals surface area (Å²) in [5.41, 5.74) is 2.29. The van der Waals surface area contributed by atoms with E-state index >= 15 is 0 Å². The quantitative estimate of drug-likeness (QED) is 0.868. The molecule has 1 N–H and O–H groups in total. The van der Waals surface area contributed by atoms with Gasteiger partial charge >= 0.3 is 0 Å². The molecule has 2 heterocycles. The lowest BCUT2D eigenvalue weighted by Gasteiger charge is -2.14. The molecule has 1 aliphatic heterocycles. The molecular formula is C17H23N3O3S. The third-order valence-corrected chi connectivity index (χ3v) is 5.58. The van der Waals surface area contributed by atoms with Gasteiger partial charge in [-0.15, -0.1) is 0 Å². The lowest BCUT2D eigenvalue weighted by Crippen LogP contribution is -2.34. The number of rotatable bonds is 6. The zero-order valence-corrected chi connectivity index (χ0v) is 15.0. The Morgan fingerprint density at radius 3 is 2.83 bits per heavy atom. The summed E-state index contributed by atoms with van der Waals surface area (Å²) >= 11 is 0. The van der Waals surface area contributed by atoms with Gasteiger partial charge in [0, 0.05) is 24.7 Å². The largest absolute Gasteiger partial charge is 0.493 e. The maximum Gasteiger partial charge on any atom is 0.259 e. The first-order chi connectivity index (χ1) is 11.3. The molecule has 1 aromatic carbocycles. The number of nitrogens with zero attached hydrogens (tertiary/aromatic N) is 2. The number of ether oxygens (including phenoxy) is 1. The Kier molecular flexibility index (Phi) is 4.64. The van der Waals surface area contributed by atoms with E-state index in [-0.39, 0.29) is 17.1 Å². The average Bonchev–Trinajstić information content (AvgIpc) is 3.15. The van der Waals surface area contributed by atoms with Gasteiger partial charge in [0.15, 0.2) is 5.03 Å². The van der Waals surface area contributed by atoms with Crippen LogP contribution in [0.25, 0.3) is 0 Å². The summed E-state index contributed by atoms with van der Waals surface area (Å²) in [6.07, 6.45) is 4.64.